The maximum Gasteiger partial charge on any atom is 0.401 e. The predicted octanol–water partition coefficient (Wildman–Crippen LogP) is 3.70. The van der Waals surface area contributed by atoms with Crippen molar-refractivity contribution in [2.75, 3.05) is 39.0 Å². The van der Waals surface area contributed by atoms with Gasteiger partial charge >= 0.3 is 6.18 Å². The van der Waals surface area contributed by atoms with Gasteiger partial charge in [-0.15, -0.1) is 0 Å². The third kappa shape index (κ3) is 8.16. The molecule has 0 saturated carbocycles. The zero-order valence-corrected chi connectivity index (χ0v) is 22.8. The average Bonchev–Trinajstić information content (AvgIpc) is 2.81. The summed E-state index contributed by atoms with van der Waals surface area (Å²) in [5.74, 6) is -2.39. The van der Waals surface area contributed by atoms with Gasteiger partial charge in [0.05, 0.1) is 6.54 Å². The summed E-state index contributed by atoms with van der Waals surface area (Å²) in [6.45, 7) is 0.445. The molecule has 1 N–H and O–H groups in total. The zero-order valence-electron chi connectivity index (χ0n) is 21.2. The van der Waals surface area contributed by atoms with Crippen molar-refractivity contribution in [1.29, 1.82) is 0 Å². The molecule has 2 fully saturated rings. The highest BCUT2D eigenvalue weighted by Crippen LogP contribution is 2.39. The number of benzene rings is 1. The number of alkyl halides is 4. The summed E-state index contributed by atoms with van der Waals surface area (Å²) in [7, 11) is -3.40. The molecule has 3 atom stereocenters. The van der Waals surface area contributed by atoms with Crippen LogP contribution in [0.1, 0.15) is 37.7 Å². The van der Waals surface area contributed by atoms with E-state index in [0.29, 0.717) is 10.6 Å². The van der Waals surface area contributed by atoms with Gasteiger partial charge < -0.3 is 10.2 Å². The van der Waals surface area contributed by atoms with Crippen molar-refractivity contribution >= 4 is 33.3 Å². The third-order valence-electron chi connectivity index (χ3n) is 6.97. The molecule has 2 amide bonds. The molecule has 0 spiro atoms. The number of carbonyl (C=O) groups is 2. The van der Waals surface area contributed by atoms with E-state index in [0.717, 1.165) is 11.7 Å². The Kier molecular flexibility index (Phi) is 9.52. The van der Waals surface area contributed by atoms with Gasteiger partial charge in [0.2, 0.25) is 5.91 Å². The quantitative estimate of drug-likeness (QED) is 0.496. The SMILES string of the molecule is C[C@H](/C=C\S(C)(=O)=O)NC(=O)C1(F)CCN(C(=O)[C@H]2CCN(CC(F)(F)F)C[C@@H]2c2ccccc2Cl)CC1. The number of nitrogens with zero attached hydrogens (tertiary/aromatic N) is 2. The van der Waals surface area contributed by atoms with Crippen molar-refractivity contribution in [3.8, 4) is 0 Å². The van der Waals surface area contributed by atoms with Gasteiger partial charge in [-0.3, -0.25) is 14.5 Å². The first-order valence-electron chi connectivity index (χ1n) is 12.3. The van der Waals surface area contributed by atoms with Crippen molar-refractivity contribution in [1.82, 2.24) is 15.1 Å². The van der Waals surface area contributed by atoms with Crippen LogP contribution in [0.4, 0.5) is 17.6 Å². The summed E-state index contributed by atoms with van der Waals surface area (Å²) in [6, 6.07) is 6.03. The number of likely N-dealkylation sites (tertiary alicyclic amines) is 2. The van der Waals surface area contributed by atoms with Crippen LogP contribution in [0, 0.1) is 5.92 Å². The fourth-order valence-electron chi connectivity index (χ4n) is 4.99. The van der Waals surface area contributed by atoms with E-state index in [1.165, 1.54) is 22.8 Å². The van der Waals surface area contributed by atoms with Crippen molar-refractivity contribution in [2.45, 2.75) is 50.0 Å². The fraction of sp³-hybridized carbons (Fsp3) is 0.600. The lowest BCUT2D eigenvalue weighted by molar-refractivity contribution is -0.154. The Hall–Kier alpha value is -2.18. The lowest BCUT2D eigenvalue weighted by Gasteiger charge is -2.42. The normalized spacial score (nSPS) is 23.8. The lowest BCUT2D eigenvalue weighted by Crippen LogP contribution is -2.55. The van der Waals surface area contributed by atoms with Crippen LogP contribution in [-0.4, -0.2) is 86.9 Å². The highest BCUT2D eigenvalue weighted by atomic mass is 35.5. The molecule has 2 saturated heterocycles. The monoisotopic (exact) mass is 581 g/mol. The molecule has 3 rings (SSSR count). The molecule has 2 heterocycles. The molecule has 2 aliphatic rings. The van der Waals surface area contributed by atoms with Crippen LogP contribution in [0.5, 0.6) is 0 Å². The van der Waals surface area contributed by atoms with E-state index in [1.54, 1.807) is 24.3 Å². The summed E-state index contributed by atoms with van der Waals surface area (Å²) in [5, 5.41) is 3.74. The number of rotatable bonds is 7. The predicted molar refractivity (Wildman–Crippen MR) is 136 cm³/mol. The van der Waals surface area contributed by atoms with E-state index in [4.69, 9.17) is 11.6 Å². The molecule has 13 heteroatoms. The van der Waals surface area contributed by atoms with Crippen LogP contribution in [0.3, 0.4) is 0 Å². The van der Waals surface area contributed by atoms with Gasteiger partial charge in [-0.2, -0.15) is 13.2 Å². The number of amides is 2. The first-order chi connectivity index (χ1) is 17.6. The summed E-state index contributed by atoms with van der Waals surface area (Å²) in [6.07, 6.45) is -2.45. The van der Waals surface area contributed by atoms with Crippen LogP contribution >= 0.6 is 11.6 Å². The van der Waals surface area contributed by atoms with Crippen molar-refractivity contribution in [3.05, 3.63) is 46.3 Å². The van der Waals surface area contributed by atoms with Gasteiger partial charge in [0.25, 0.3) is 5.91 Å². The molecule has 0 unspecified atom stereocenters. The molecule has 0 radical (unpaired) electrons. The largest absolute Gasteiger partial charge is 0.401 e. The Bertz CT molecular complexity index is 1150. The van der Waals surface area contributed by atoms with E-state index in [9.17, 15) is 31.2 Å². The third-order valence-corrected chi connectivity index (χ3v) is 7.97. The van der Waals surface area contributed by atoms with Gasteiger partial charge in [-0.25, -0.2) is 12.8 Å². The van der Waals surface area contributed by atoms with E-state index >= 15 is 4.39 Å². The van der Waals surface area contributed by atoms with E-state index < -0.39 is 52.0 Å². The van der Waals surface area contributed by atoms with Gasteiger partial charge in [0.15, 0.2) is 15.5 Å². The molecule has 7 nitrogen and oxygen atoms in total. The van der Waals surface area contributed by atoms with Crippen molar-refractivity contribution in [3.63, 3.8) is 0 Å². The highest BCUT2D eigenvalue weighted by molar-refractivity contribution is 7.93. The smallest absolute Gasteiger partial charge is 0.347 e. The van der Waals surface area contributed by atoms with Crippen LogP contribution in [0.25, 0.3) is 0 Å². The molecule has 0 aromatic heterocycles. The Morgan fingerprint density at radius 2 is 1.84 bits per heavy atom. The first-order valence-corrected chi connectivity index (χ1v) is 14.6. The second-order valence-corrected chi connectivity index (χ2v) is 12.4. The van der Waals surface area contributed by atoms with E-state index in [1.807, 2.05) is 0 Å². The first kappa shape index (κ1) is 30.4. The van der Waals surface area contributed by atoms with Crippen LogP contribution in [-0.2, 0) is 19.4 Å². The number of nitrogens with one attached hydrogen (secondary N) is 1. The van der Waals surface area contributed by atoms with Crippen LogP contribution in [0.15, 0.2) is 35.7 Å². The number of hydrogen-bond acceptors (Lipinski definition) is 5. The summed E-state index contributed by atoms with van der Waals surface area (Å²) in [4.78, 5) is 28.8. The topological polar surface area (TPSA) is 86.8 Å². The average molecular weight is 582 g/mol. The van der Waals surface area contributed by atoms with Crippen LogP contribution < -0.4 is 5.32 Å². The fourth-order valence-corrected chi connectivity index (χ4v) is 5.79. The highest BCUT2D eigenvalue weighted by Gasteiger charge is 2.46. The molecule has 0 aliphatic carbocycles. The van der Waals surface area contributed by atoms with Crippen molar-refractivity contribution < 1.29 is 35.6 Å². The summed E-state index contributed by atoms with van der Waals surface area (Å²) in [5.41, 5.74) is -1.64. The maximum absolute atomic E-state index is 15.5. The van der Waals surface area contributed by atoms with Gasteiger partial charge in [0.1, 0.15) is 0 Å². The number of halogens is 5. The van der Waals surface area contributed by atoms with Gasteiger partial charge in [0, 0.05) is 67.0 Å². The number of hydrogen-bond donors (Lipinski definition) is 1. The summed E-state index contributed by atoms with van der Waals surface area (Å²) >= 11 is 6.36. The second-order valence-electron chi connectivity index (χ2n) is 10.1. The maximum atomic E-state index is 15.5. The number of piperidine rings is 2. The van der Waals surface area contributed by atoms with Crippen molar-refractivity contribution in [2.24, 2.45) is 5.92 Å². The second kappa shape index (κ2) is 11.9. The van der Waals surface area contributed by atoms with Crippen LogP contribution in [0.2, 0.25) is 5.02 Å². The van der Waals surface area contributed by atoms with E-state index in [2.05, 4.69) is 5.32 Å². The van der Waals surface area contributed by atoms with Gasteiger partial charge in [-0.05, 0) is 31.5 Å². The zero-order chi connectivity index (χ0) is 28.3. The number of sulfone groups is 1. The Morgan fingerprint density at radius 1 is 1.21 bits per heavy atom. The Balaban J connectivity index is 1.68. The standard InChI is InChI=1S/C25H32ClF4N3O4S/c1-17(8-14-38(2,36)37)31-23(35)24(27)9-12-33(13-10-24)22(34)19-7-11-32(16-25(28,29)30)15-20(19)18-5-3-4-6-21(18)26/h3-6,8,14,17,19-20H,7,9-13,15-16H2,1-2H3,(H,31,35)/b14-8-/t17-,19+,20-/m1/s1. The molecule has 2 aliphatic heterocycles. The molecular weight excluding hydrogens is 550 g/mol. The summed E-state index contributed by atoms with van der Waals surface area (Å²) < 4.78 is 77.2. The Morgan fingerprint density at radius 3 is 2.42 bits per heavy atom. The molecule has 1 aromatic rings. The lowest BCUT2D eigenvalue weighted by atomic mass is 9.79. The minimum atomic E-state index is -4.38. The molecule has 0 bridgehead atoms. The minimum absolute atomic E-state index is 0.00182. The van der Waals surface area contributed by atoms with E-state index in [-0.39, 0.29) is 51.3 Å². The molecule has 1 aromatic carbocycles. The Labute approximate surface area is 225 Å². The molecule has 38 heavy (non-hydrogen) atoms. The minimum Gasteiger partial charge on any atom is -0.347 e. The van der Waals surface area contributed by atoms with Gasteiger partial charge in [-0.1, -0.05) is 35.9 Å². The molecule has 212 valence electrons. The number of carbonyl (C=O) groups excluding carboxylic acids is 2. The molecular formula is C25H32ClF4N3O4S.